The summed E-state index contributed by atoms with van der Waals surface area (Å²) in [4.78, 5) is 0. The van der Waals surface area contributed by atoms with Crippen LogP contribution in [0.4, 0.5) is 8.78 Å². The highest BCUT2D eigenvalue weighted by atomic mass is 31.1. The van der Waals surface area contributed by atoms with E-state index in [0.29, 0.717) is 0 Å². The van der Waals surface area contributed by atoms with Crippen molar-refractivity contribution >= 4 is 16.9 Å². The molecule has 0 amide bonds. The van der Waals surface area contributed by atoms with Crippen LogP contribution in [0.15, 0.2) is 0 Å². The van der Waals surface area contributed by atoms with Gasteiger partial charge in [-0.25, -0.2) is 0 Å². The third-order valence-corrected chi connectivity index (χ3v) is 1.48. The van der Waals surface area contributed by atoms with E-state index in [0.717, 1.165) is 0 Å². The number of alkyl halides is 2. The molecule has 0 heterocycles. The molecule has 0 aliphatic rings. The van der Waals surface area contributed by atoms with Crippen molar-refractivity contribution in [3.8, 4) is 0 Å². The van der Waals surface area contributed by atoms with Gasteiger partial charge in [-0.2, -0.15) is 8.78 Å². The molecule has 5 nitrogen and oxygen atoms in total. The van der Waals surface area contributed by atoms with Crippen LogP contribution in [-0.4, -0.2) is 20.8 Å². The van der Waals surface area contributed by atoms with Crippen molar-refractivity contribution in [3.05, 3.63) is 0 Å². The fourth-order valence-corrected chi connectivity index (χ4v) is 0.376. The summed E-state index contributed by atoms with van der Waals surface area (Å²) in [7, 11) is -1.19. The maximum Gasteiger partial charge on any atom is 0.350 e. The molecule has 0 aromatic carbocycles. The summed E-state index contributed by atoms with van der Waals surface area (Å²) in [6.07, 6.45) is 0. The topological polar surface area (TPSA) is 61.8 Å². The van der Waals surface area contributed by atoms with Crippen LogP contribution >= 0.6 is 16.9 Å². The van der Waals surface area contributed by atoms with Crippen molar-refractivity contribution in [1.29, 1.82) is 0 Å². The summed E-state index contributed by atoms with van der Waals surface area (Å²) in [5, 5.41) is 0. The third kappa shape index (κ3) is 16.7. The third-order valence-electron chi connectivity index (χ3n) is 0.492. The molecule has 1 atom stereocenters. The van der Waals surface area contributed by atoms with Crippen molar-refractivity contribution in [2.45, 2.75) is 6.61 Å². The van der Waals surface area contributed by atoms with Gasteiger partial charge >= 0.3 is 14.9 Å². The van der Waals surface area contributed by atoms with E-state index in [1.54, 1.807) is 0 Å². The van der Waals surface area contributed by atoms with E-state index in [2.05, 4.69) is 13.6 Å². The zero-order valence-electron chi connectivity index (χ0n) is 6.45. The predicted octanol–water partition coefficient (Wildman–Crippen LogP) is 1.57. The van der Waals surface area contributed by atoms with E-state index in [-0.39, 0.29) is 0 Å². The first kappa shape index (κ1) is 14.7. The lowest BCUT2D eigenvalue weighted by Crippen LogP contribution is -1.83. The van der Waals surface area contributed by atoms with Gasteiger partial charge in [-0.1, -0.05) is 0 Å². The van der Waals surface area contributed by atoms with E-state index in [1.807, 2.05) is 0 Å². The number of rotatable bonds is 4. The van der Waals surface area contributed by atoms with E-state index in [4.69, 9.17) is 4.57 Å². The first-order valence-electron chi connectivity index (χ1n) is 2.57. The highest BCUT2D eigenvalue weighted by Gasteiger charge is 1.94. The van der Waals surface area contributed by atoms with Crippen LogP contribution in [0.25, 0.3) is 0 Å². The van der Waals surface area contributed by atoms with E-state index < -0.39 is 23.6 Å². The zero-order chi connectivity index (χ0) is 9.98. The SMILES string of the molecule is CO[PH](=O)OC.O=[PH2]OC(F)F. The summed E-state index contributed by atoms with van der Waals surface area (Å²) in [6, 6.07) is 0. The summed E-state index contributed by atoms with van der Waals surface area (Å²) in [6.45, 7) is -2.88. The number of halogens is 2. The Morgan fingerprint density at radius 1 is 1.33 bits per heavy atom. The molecule has 12 heavy (non-hydrogen) atoms. The van der Waals surface area contributed by atoms with Crippen molar-refractivity contribution in [3.63, 3.8) is 0 Å². The minimum Gasteiger partial charge on any atom is -0.314 e. The smallest absolute Gasteiger partial charge is 0.314 e. The molecule has 0 spiro atoms. The highest BCUT2D eigenvalue weighted by Crippen LogP contribution is 2.18. The first-order valence-corrected chi connectivity index (χ1v) is 4.74. The van der Waals surface area contributed by atoms with Gasteiger partial charge in [-0.3, -0.25) is 13.7 Å². The van der Waals surface area contributed by atoms with Gasteiger partial charge in [0.25, 0.3) is 0 Å². The molecule has 0 rings (SSSR count). The summed E-state index contributed by atoms with van der Waals surface area (Å²) in [5.41, 5.74) is 0. The quantitative estimate of drug-likeness (QED) is 0.680. The average Bonchev–Trinajstić information content (AvgIpc) is 2.04. The Labute approximate surface area is 70.2 Å². The fraction of sp³-hybridized carbons (Fsp3) is 1.00. The van der Waals surface area contributed by atoms with E-state index in [9.17, 15) is 13.3 Å². The van der Waals surface area contributed by atoms with Crippen molar-refractivity contribution < 1.29 is 31.5 Å². The Morgan fingerprint density at radius 3 is 1.75 bits per heavy atom. The molecule has 0 aromatic rings. The van der Waals surface area contributed by atoms with Crippen LogP contribution in [-0.2, 0) is 22.7 Å². The van der Waals surface area contributed by atoms with Crippen LogP contribution in [0.5, 0.6) is 0 Å². The molecule has 0 saturated heterocycles. The molecule has 0 bridgehead atoms. The summed E-state index contributed by atoms with van der Waals surface area (Å²) in [5.74, 6) is 0. The minimum atomic E-state index is -2.88. The Morgan fingerprint density at radius 2 is 1.75 bits per heavy atom. The molecule has 0 radical (unpaired) electrons. The zero-order valence-corrected chi connectivity index (χ0v) is 8.61. The maximum atomic E-state index is 10.6. The van der Waals surface area contributed by atoms with Gasteiger partial charge in [0.1, 0.15) is 0 Å². The monoisotopic (exact) mass is 226 g/mol. The first-order chi connectivity index (χ1) is 5.58. The Kier molecular flexibility index (Phi) is 13.7. The van der Waals surface area contributed by atoms with Gasteiger partial charge < -0.3 is 9.05 Å². The standard InChI is InChI=1S/C2H7O3P.CH3F2O2P/c1-4-6(3)5-2;2-1(3)5-6-4/h6H,1-2H3;1H,6H2. The van der Waals surface area contributed by atoms with Gasteiger partial charge in [0.05, 0.1) is 0 Å². The second-order valence-electron chi connectivity index (χ2n) is 1.15. The minimum absolute atomic E-state index is 1.34. The van der Waals surface area contributed by atoms with Crippen molar-refractivity contribution in [2.24, 2.45) is 0 Å². The number of hydrogen-bond donors (Lipinski definition) is 0. The van der Waals surface area contributed by atoms with Crippen LogP contribution in [0.3, 0.4) is 0 Å². The molecule has 0 N–H and O–H groups in total. The average molecular weight is 226 g/mol. The molecular weight excluding hydrogens is 216 g/mol. The largest absolute Gasteiger partial charge is 0.350 e. The van der Waals surface area contributed by atoms with Gasteiger partial charge in [0.15, 0.2) is 8.69 Å². The molecule has 0 aromatic heterocycles. The molecule has 1 unspecified atom stereocenters. The molecular formula is C3H10F2O5P2. The molecule has 0 aliphatic carbocycles. The second kappa shape index (κ2) is 11.2. The van der Waals surface area contributed by atoms with E-state index >= 15 is 0 Å². The van der Waals surface area contributed by atoms with Crippen LogP contribution in [0.2, 0.25) is 0 Å². The van der Waals surface area contributed by atoms with E-state index in [1.165, 1.54) is 14.2 Å². The van der Waals surface area contributed by atoms with Crippen LogP contribution in [0, 0.1) is 0 Å². The lowest BCUT2D eigenvalue weighted by atomic mass is 11.5. The van der Waals surface area contributed by atoms with Gasteiger partial charge in [0.2, 0.25) is 0 Å². The highest BCUT2D eigenvalue weighted by molar-refractivity contribution is 7.33. The molecule has 0 saturated carbocycles. The lowest BCUT2D eigenvalue weighted by molar-refractivity contribution is -0.0404. The summed E-state index contributed by atoms with van der Waals surface area (Å²) >= 11 is 0. The molecule has 0 fully saturated rings. The maximum absolute atomic E-state index is 10.6. The molecule has 9 heteroatoms. The van der Waals surface area contributed by atoms with Crippen LogP contribution < -0.4 is 0 Å². The Hall–Kier alpha value is 0.200. The Balaban J connectivity index is 0. The van der Waals surface area contributed by atoms with Crippen LogP contribution in [0.1, 0.15) is 0 Å². The fourth-order valence-electron chi connectivity index (χ4n) is 0.125. The van der Waals surface area contributed by atoms with Crippen molar-refractivity contribution in [2.75, 3.05) is 14.2 Å². The second-order valence-corrected chi connectivity index (χ2v) is 2.93. The van der Waals surface area contributed by atoms with Crippen molar-refractivity contribution in [1.82, 2.24) is 0 Å². The molecule has 76 valence electrons. The molecule has 0 aliphatic heterocycles. The number of hydrogen-bond acceptors (Lipinski definition) is 5. The summed E-state index contributed by atoms with van der Waals surface area (Å²) < 4.78 is 52.0. The predicted molar refractivity (Wildman–Crippen MR) is 40.5 cm³/mol. The van der Waals surface area contributed by atoms with Gasteiger partial charge in [-0.05, 0) is 0 Å². The van der Waals surface area contributed by atoms with Gasteiger partial charge in [0, 0.05) is 14.2 Å². The normalized spacial score (nSPS) is 10.8. The van der Waals surface area contributed by atoms with Gasteiger partial charge in [-0.15, -0.1) is 0 Å². The Bertz CT molecular complexity index is 126. The lowest BCUT2D eigenvalue weighted by Gasteiger charge is -1.89.